The Morgan fingerprint density at radius 2 is 1.67 bits per heavy atom. The first kappa shape index (κ1) is 10.7. The Balaban J connectivity index is 2.38. The summed E-state index contributed by atoms with van der Waals surface area (Å²) < 4.78 is 0. The first-order valence-corrected chi connectivity index (χ1v) is 5.64. The van der Waals surface area contributed by atoms with E-state index >= 15 is 0 Å². The largest absolute Gasteiger partial charge is 0.385 e. The van der Waals surface area contributed by atoms with E-state index in [1.807, 2.05) is 30.3 Å². The molecule has 1 saturated heterocycles. The molecule has 15 heavy (non-hydrogen) atoms. The Morgan fingerprint density at radius 1 is 1.13 bits per heavy atom. The van der Waals surface area contributed by atoms with Gasteiger partial charge in [-0.2, -0.15) is 0 Å². The molecule has 2 nitrogen and oxygen atoms in total. The zero-order chi connectivity index (χ0) is 10.9. The van der Waals surface area contributed by atoms with Gasteiger partial charge in [-0.3, -0.25) is 0 Å². The van der Waals surface area contributed by atoms with Gasteiger partial charge < -0.3 is 10.4 Å². The van der Waals surface area contributed by atoms with Crippen LogP contribution in [0.3, 0.4) is 0 Å². The van der Waals surface area contributed by atoms with Crippen LogP contribution in [-0.2, 0) is 5.60 Å². The molecule has 0 unspecified atom stereocenters. The van der Waals surface area contributed by atoms with Crippen molar-refractivity contribution in [3.05, 3.63) is 35.9 Å². The Kier molecular flexibility index (Phi) is 2.81. The van der Waals surface area contributed by atoms with Gasteiger partial charge in [0.05, 0.1) is 5.60 Å². The highest BCUT2D eigenvalue weighted by Gasteiger charge is 2.42. The molecular formula is C13H19NO. The predicted octanol–water partition coefficient (Wildman–Crippen LogP) is 1.75. The molecule has 1 aromatic rings. The summed E-state index contributed by atoms with van der Waals surface area (Å²) in [5.74, 6) is 0.507. The Bertz CT molecular complexity index is 313. The van der Waals surface area contributed by atoms with Crippen LogP contribution in [0.1, 0.15) is 19.4 Å². The zero-order valence-corrected chi connectivity index (χ0v) is 9.40. The van der Waals surface area contributed by atoms with Crippen LogP contribution in [0.5, 0.6) is 0 Å². The minimum absolute atomic E-state index is 0.253. The van der Waals surface area contributed by atoms with E-state index in [4.69, 9.17) is 0 Å². The SMILES string of the molecule is C[C@H]1CNC[C@H](C)C1(O)c1ccccc1. The van der Waals surface area contributed by atoms with Crippen molar-refractivity contribution < 1.29 is 5.11 Å². The number of hydrogen-bond acceptors (Lipinski definition) is 2. The lowest BCUT2D eigenvalue weighted by Gasteiger charge is -2.44. The van der Waals surface area contributed by atoms with Gasteiger partial charge in [-0.1, -0.05) is 44.2 Å². The minimum atomic E-state index is -0.674. The molecule has 0 bridgehead atoms. The standard InChI is InChI=1S/C13H19NO/c1-10-8-14-9-11(2)13(10,15)12-6-4-3-5-7-12/h3-7,10-11,14-15H,8-9H2,1-2H3/t10-,11-/m0/s1. The van der Waals surface area contributed by atoms with Crippen molar-refractivity contribution in [3.63, 3.8) is 0 Å². The molecule has 2 rings (SSSR count). The second-order valence-electron chi connectivity index (χ2n) is 4.65. The van der Waals surface area contributed by atoms with Crippen LogP contribution in [0, 0.1) is 11.8 Å². The molecule has 2 atom stereocenters. The highest BCUT2D eigenvalue weighted by molar-refractivity contribution is 5.25. The lowest BCUT2D eigenvalue weighted by Crippen LogP contribution is -2.52. The van der Waals surface area contributed by atoms with Crippen molar-refractivity contribution in [1.29, 1.82) is 0 Å². The second-order valence-corrected chi connectivity index (χ2v) is 4.65. The molecule has 82 valence electrons. The van der Waals surface area contributed by atoms with Gasteiger partial charge in [0.25, 0.3) is 0 Å². The molecule has 0 radical (unpaired) electrons. The highest BCUT2D eigenvalue weighted by Crippen LogP contribution is 2.38. The molecular weight excluding hydrogens is 186 g/mol. The molecule has 0 aliphatic carbocycles. The van der Waals surface area contributed by atoms with Crippen molar-refractivity contribution in [1.82, 2.24) is 5.32 Å². The van der Waals surface area contributed by atoms with E-state index in [1.54, 1.807) is 0 Å². The van der Waals surface area contributed by atoms with Gasteiger partial charge in [0.2, 0.25) is 0 Å². The number of piperidine rings is 1. The first-order chi connectivity index (χ1) is 7.15. The lowest BCUT2D eigenvalue weighted by atomic mass is 9.71. The van der Waals surface area contributed by atoms with E-state index < -0.39 is 5.60 Å². The third-order valence-electron chi connectivity index (χ3n) is 3.64. The van der Waals surface area contributed by atoms with E-state index in [0.717, 1.165) is 18.7 Å². The lowest BCUT2D eigenvalue weighted by molar-refractivity contribution is -0.0806. The molecule has 1 aliphatic rings. The Morgan fingerprint density at radius 3 is 2.20 bits per heavy atom. The van der Waals surface area contributed by atoms with Crippen molar-refractivity contribution in [2.75, 3.05) is 13.1 Å². The molecule has 0 spiro atoms. The van der Waals surface area contributed by atoms with E-state index in [2.05, 4.69) is 19.2 Å². The highest BCUT2D eigenvalue weighted by atomic mass is 16.3. The van der Waals surface area contributed by atoms with Crippen LogP contribution in [0.15, 0.2) is 30.3 Å². The third-order valence-corrected chi connectivity index (χ3v) is 3.64. The monoisotopic (exact) mass is 205 g/mol. The van der Waals surface area contributed by atoms with Gasteiger partial charge in [0.1, 0.15) is 0 Å². The normalized spacial score (nSPS) is 30.1. The second kappa shape index (κ2) is 3.95. The van der Waals surface area contributed by atoms with Gasteiger partial charge in [-0.25, -0.2) is 0 Å². The van der Waals surface area contributed by atoms with Crippen LogP contribution in [0.2, 0.25) is 0 Å². The summed E-state index contributed by atoms with van der Waals surface area (Å²) >= 11 is 0. The summed E-state index contributed by atoms with van der Waals surface area (Å²) in [5, 5.41) is 14.2. The maximum atomic E-state index is 10.8. The number of benzene rings is 1. The molecule has 0 saturated carbocycles. The van der Waals surface area contributed by atoms with Gasteiger partial charge in [0.15, 0.2) is 0 Å². The van der Waals surface area contributed by atoms with E-state index in [1.165, 1.54) is 0 Å². The van der Waals surface area contributed by atoms with Gasteiger partial charge >= 0.3 is 0 Å². The van der Waals surface area contributed by atoms with Crippen LogP contribution in [0.25, 0.3) is 0 Å². The average molecular weight is 205 g/mol. The van der Waals surface area contributed by atoms with Gasteiger partial charge in [-0.15, -0.1) is 0 Å². The topological polar surface area (TPSA) is 32.3 Å². The molecule has 1 aromatic carbocycles. The van der Waals surface area contributed by atoms with Gasteiger partial charge in [-0.05, 0) is 5.56 Å². The molecule has 1 heterocycles. The quantitative estimate of drug-likeness (QED) is 0.732. The van der Waals surface area contributed by atoms with Crippen molar-refractivity contribution >= 4 is 0 Å². The number of hydrogen-bond donors (Lipinski definition) is 2. The van der Waals surface area contributed by atoms with Crippen LogP contribution in [-0.4, -0.2) is 18.2 Å². The maximum absolute atomic E-state index is 10.8. The number of aliphatic hydroxyl groups is 1. The summed E-state index contributed by atoms with van der Waals surface area (Å²) in [6, 6.07) is 10.0. The smallest absolute Gasteiger partial charge is 0.0971 e. The molecule has 2 N–H and O–H groups in total. The minimum Gasteiger partial charge on any atom is -0.385 e. The summed E-state index contributed by atoms with van der Waals surface area (Å²) in [5.41, 5.74) is 0.374. The van der Waals surface area contributed by atoms with Crippen LogP contribution < -0.4 is 5.32 Å². The Hall–Kier alpha value is -0.860. The number of nitrogens with one attached hydrogen (secondary N) is 1. The first-order valence-electron chi connectivity index (χ1n) is 5.64. The average Bonchev–Trinajstić information content (AvgIpc) is 2.27. The summed E-state index contributed by atoms with van der Waals surface area (Å²) in [7, 11) is 0. The molecule has 1 aliphatic heterocycles. The molecule has 0 aromatic heterocycles. The third kappa shape index (κ3) is 1.68. The van der Waals surface area contributed by atoms with Crippen LogP contribution >= 0.6 is 0 Å². The molecule has 2 heteroatoms. The van der Waals surface area contributed by atoms with Gasteiger partial charge in [0, 0.05) is 24.9 Å². The summed E-state index contributed by atoms with van der Waals surface area (Å²) in [4.78, 5) is 0. The molecule has 0 amide bonds. The van der Waals surface area contributed by atoms with Crippen molar-refractivity contribution in [3.8, 4) is 0 Å². The maximum Gasteiger partial charge on any atom is 0.0971 e. The summed E-state index contributed by atoms with van der Waals surface area (Å²) in [6.45, 7) is 5.98. The fraction of sp³-hybridized carbons (Fsp3) is 0.538. The fourth-order valence-electron chi connectivity index (χ4n) is 2.59. The van der Waals surface area contributed by atoms with E-state index in [0.29, 0.717) is 0 Å². The Labute approximate surface area is 91.3 Å². The van der Waals surface area contributed by atoms with Crippen LogP contribution in [0.4, 0.5) is 0 Å². The van der Waals surface area contributed by atoms with Crippen molar-refractivity contribution in [2.45, 2.75) is 19.4 Å². The van der Waals surface area contributed by atoms with E-state index in [-0.39, 0.29) is 11.8 Å². The number of rotatable bonds is 1. The van der Waals surface area contributed by atoms with Crippen molar-refractivity contribution in [2.24, 2.45) is 11.8 Å². The summed E-state index contributed by atoms with van der Waals surface area (Å²) in [6.07, 6.45) is 0. The van der Waals surface area contributed by atoms with E-state index in [9.17, 15) is 5.11 Å². The molecule has 1 fully saturated rings. The predicted molar refractivity (Wildman–Crippen MR) is 61.5 cm³/mol. The fourth-order valence-corrected chi connectivity index (χ4v) is 2.59. The zero-order valence-electron chi connectivity index (χ0n) is 9.40.